The lowest BCUT2D eigenvalue weighted by molar-refractivity contribution is -0.129. The number of benzene rings is 1. The van der Waals surface area contributed by atoms with E-state index in [1.807, 2.05) is 0 Å². The summed E-state index contributed by atoms with van der Waals surface area (Å²) in [4.78, 5) is 25.8. The van der Waals surface area contributed by atoms with Crippen molar-refractivity contribution < 1.29 is 18.4 Å². The number of carbonyl (C=O) groups is 2. The Morgan fingerprint density at radius 2 is 2.00 bits per heavy atom. The highest BCUT2D eigenvalue weighted by molar-refractivity contribution is 5.80. The molecule has 0 aromatic heterocycles. The summed E-state index contributed by atoms with van der Waals surface area (Å²) in [5.74, 6) is -2.00. The maximum Gasteiger partial charge on any atom is 0.236 e. The normalized spacial score (nSPS) is 27.2. The number of carbonyl (C=O) groups excluding carboxylic acids is 2. The van der Waals surface area contributed by atoms with Crippen molar-refractivity contribution in [2.24, 2.45) is 5.73 Å². The van der Waals surface area contributed by atoms with Gasteiger partial charge in [0.05, 0.1) is 12.1 Å². The molecule has 2 fully saturated rings. The first-order chi connectivity index (χ1) is 11.4. The molecule has 130 valence electrons. The lowest BCUT2D eigenvalue weighted by atomic mass is 9.79. The third-order valence-corrected chi connectivity index (χ3v) is 5.02. The Balaban J connectivity index is 2.01. The van der Waals surface area contributed by atoms with Crippen LogP contribution in [0.2, 0.25) is 0 Å². The standard InChI is InChI=1S/C17H21F2N3O2/c18-12-5-11(6-13(19)7-12)14-9-22(16(24)8-20)10-17(14)4-2-1-3-15(23)21-17/h5-7,14H,1-4,8-10,20H2,(H,21,23)/t14-,17+/m0/s1. The zero-order valence-electron chi connectivity index (χ0n) is 13.4. The Morgan fingerprint density at radius 1 is 1.29 bits per heavy atom. The highest BCUT2D eigenvalue weighted by Gasteiger charge is 2.49. The first-order valence-corrected chi connectivity index (χ1v) is 8.18. The van der Waals surface area contributed by atoms with E-state index < -0.39 is 17.2 Å². The summed E-state index contributed by atoms with van der Waals surface area (Å²) in [5.41, 5.74) is 5.23. The molecule has 2 aliphatic rings. The molecule has 0 bridgehead atoms. The molecule has 3 rings (SSSR count). The van der Waals surface area contributed by atoms with Gasteiger partial charge in [-0.1, -0.05) is 6.42 Å². The number of rotatable bonds is 2. The second kappa shape index (κ2) is 6.47. The molecule has 0 aliphatic carbocycles. The SMILES string of the molecule is NCC(=O)N1C[C@@H](c2cc(F)cc(F)c2)[C@@]2(CCCCC(=O)N2)C1. The smallest absolute Gasteiger partial charge is 0.236 e. The van der Waals surface area contributed by atoms with E-state index in [1.54, 1.807) is 4.90 Å². The van der Waals surface area contributed by atoms with Gasteiger partial charge in [-0.05, 0) is 30.5 Å². The fourth-order valence-corrected chi connectivity index (χ4v) is 3.94. The predicted molar refractivity (Wildman–Crippen MR) is 84.1 cm³/mol. The van der Waals surface area contributed by atoms with Gasteiger partial charge in [-0.15, -0.1) is 0 Å². The summed E-state index contributed by atoms with van der Waals surface area (Å²) in [6.07, 6.45) is 2.67. The van der Waals surface area contributed by atoms with Gasteiger partial charge in [0, 0.05) is 31.5 Å². The molecule has 1 aromatic carbocycles. The van der Waals surface area contributed by atoms with E-state index >= 15 is 0 Å². The second-order valence-electron chi connectivity index (χ2n) is 6.65. The molecule has 24 heavy (non-hydrogen) atoms. The van der Waals surface area contributed by atoms with E-state index in [9.17, 15) is 18.4 Å². The first kappa shape index (κ1) is 16.8. The molecule has 2 amide bonds. The molecular weight excluding hydrogens is 316 g/mol. The molecule has 1 aromatic rings. The average Bonchev–Trinajstić information content (AvgIpc) is 2.78. The van der Waals surface area contributed by atoms with E-state index in [4.69, 9.17) is 5.73 Å². The minimum Gasteiger partial charge on any atom is -0.348 e. The van der Waals surface area contributed by atoms with Crippen LogP contribution in [0.1, 0.15) is 37.2 Å². The summed E-state index contributed by atoms with van der Waals surface area (Å²) in [7, 11) is 0. The minimum atomic E-state index is -0.696. The van der Waals surface area contributed by atoms with Crippen molar-refractivity contribution in [2.45, 2.75) is 37.1 Å². The Labute approximate surface area is 139 Å². The van der Waals surface area contributed by atoms with Gasteiger partial charge in [-0.25, -0.2) is 8.78 Å². The third-order valence-electron chi connectivity index (χ3n) is 5.02. The van der Waals surface area contributed by atoms with Crippen molar-refractivity contribution in [3.05, 3.63) is 35.4 Å². The van der Waals surface area contributed by atoms with Gasteiger partial charge >= 0.3 is 0 Å². The van der Waals surface area contributed by atoms with Crippen LogP contribution < -0.4 is 11.1 Å². The molecule has 7 heteroatoms. The summed E-state index contributed by atoms with van der Waals surface area (Å²) >= 11 is 0. The van der Waals surface area contributed by atoms with Crippen molar-refractivity contribution in [3.8, 4) is 0 Å². The van der Waals surface area contributed by atoms with Gasteiger partial charge in [-0.3, -0.25) is 9.59 Å². The molecule has 2 aliphatic heterocycles. The van der Waals surface area contributed by atoms with Gasteiger partial charge in [0.25, 0.3) is 0 Å². The van der Waals surface area contributed by atoms with E-state index in [0.29, 0.717) is 31.5 Å². The van der Waals surface area contributed by atoms with Gasteiger partial charge in [0.15, 0.2) is 0 Å². The molecule has 0 radical (unpaired) electrons. The first-order valence-electron chi connectivity index (χ1n) is 8.18. The zero-order valence-corrected chi connectivity index (χ0v) is 13.4. The summed E-state index contributed by atoms with van der Waals surface area (Å²) in [6.45, 7) is 0.477. The third kappa shape index (κ3) is 3.13. The van der Waals surface area contributed by atoms with Gasteiger partial charge in [0.2, 0.25) is 11.8 Å². The largest absolute Gasteiger partial charge is 0.348 e. The van der Waals surface area contributed by atoms with Crippen LogP contribution in [0.3, 0.4) is 0 Å². The van der Waals surface area contributed by atoms with Crippen molar-refractivity contribution in [1.82, 2.24) is 10.2 Å². The topological polar surface area (TPSA) is 75.4 Å². The van der Waals surface area contributed by atoms with Crippen LogP contribution in [0.25, 0.3) is 0 Å². The number of hydrogen-bond donors (Lipinski definition) is 2. The van der Waals surface area contributed by atoms with Crippen molar-refractivity contribution in [1.29, 1.82) is 0 Å². The highest BCUT2D eigenvalue weighted by Crippen LogP contribution is 2.41. The monoisotopic (exact) mass is 337 g/mol. The number of halogens is 2. The molecule has 0 saturated carbocycles. The van der Waals surface area contributed by atoms with Crippen molar-refractivity contribution in [3.63, 3.8) is 0 Å². The van der Waals surface area contributed by atoms with Gasteiger partial charge < -0.3 is 16.0 Å². The van der Waals surface area contributed by atoms with Crippen LogP contribution in [-0.4, -0.2) is 41.9 Å². The molecule has 2 atom stereocenters. The molecule has 3 N–H and O–H groups in total. The number of nitrogens with one attached hydrogen (secondary N) is 1. The zero-order chi connectivity index (χ0) is 17.3. The number of amides is 2. The fourth-order valence-electron chi connectivity index (χ4n) is 3.94. The van der Waals surface area contributed by atoms with Crippen LogP contribution >= 0.6 is 0 Å². The Bertz CT molecular complexity index is 647. The number of hydrogen-bond acceptors (Lipinski definition) is 3. The van der Waals surface area contributed by atoms with Crippen molar-refractivity contribution in [2.75, 3.05) is 19.6 Å². The van der Waals surface area contributed by atoms with E-state index in [0.717, 1.165) is 18.9 Å². The Morgan fingerprint density at radius 3 is 2.67 bits per heavy atom. The van der Waals surface area contributed by atoms with Gasteiger partial charge in [-0.2, -0.15) is 0 Å². The van der Waals surface area contributed by atoms with Crippen LogP contribution in [0.4, 0.5) is 8.78 Å². The van der Waals surface area contributed by atoms with E-state index in [-0.39, 0.29) is 24.3 Å². The molecule has 2 saturated heterocycles. The van der Waals surface area contributed by atoms with Crippen LogP contribution in [0.5, 0.6) is 0 Å². The average molecular weight is 337 g/mol. The molecule has 2 heterocycles. The highest BCUT2D eigenvalue weighted by atomic mass is 19.1. The summed E-state index contributed by atoms with van der Waals surface area (Å²) in [6, 6.07) is 3.38. The number of nitrogens with zero attached hydrogens (tertiary/aromatic N) is 1. The van der Waals surface area contributed by atoms with Crippen LogP contribution in [-0.2, 0) is 9.59 Å². The van der Waals surface area contributed by atoms with E-state index in [1.165, 1.54) is 12.1 Å². The second-order valence-corrected chi connectivity index (χ2v) is 6.65. The predicted octanol–water partition coefficient (Wildman–Crippen LogP) is 1.28. The van der Waals surface area contributed by atoms with Crippen LogP contribution in [0.15, 0.2) is 18.2 Å². The maximum atomic E-state index is 13.7. The maximum absolute atomic E-state index is 13.7. The molecular formula is C17H21F2N3O2. The minimum absolute atomic E-state index is 0.0866. The van der Waals surface area contributed by atoms with E-state index in [2.05, 4.69) is 5.32 Å². The lowest BCUT2D eigenvalue weighted by Crippen LogP contribution is -2.53. The summed E-state index contributed by atoms with van der Waals surface area (Å²) in [5, 5.41) is 3.03. The number of likely N-dealkylation sites (tertiary alicyclic amines) is 1. The summed E-state index contributed by atoms with van der Waals surface area (Å²) < 4.78 is 27.4. The fraction of sp³-hybridized carbons (Fsp3) is 0.529. The van der Waals surface area contributed by atoms with Crippen LogP contribution in [0, 0.1) is 11.6 Å². The van der Waals surface area contributed by atoms with Crippen molar-refractivity contribution >= 4 is 11.8 Å². The molecule has 0 unspecified atom stereocenters. The van der Waals surface area contributed by atoms with Gasteiger partial charge in [0.1, 0.15) is 11.6 Å². The molecule has 1 spiro atoms. The Kier molecular flexibility index (Phi) is 4.54. The Hall–Kier alpha value is -2.02. The number of nitrogens with two attached hydrogens (primary N) is 1. The lowest BCUT2D eigenvalue weighted by Gasteiger charge is -2.34. The molecule has 5 nitrogen and oxygen atoms in total. The quantitative estimate of drug-likeness (QED) is 0.854.